The smallest absolute Gasteiger partial charge is 0.328 e. The first-order chi connectivity index (χ1) is 9.11. The Morgan fingerprint density at radius 3 is 2.89 bits per heavy atom. The van der Waals surface area contributed by atoms with Crippen molar-refractivity contribution >= 4 is 18.0 Å². The molecule has 0 unspecified atom stereocenters. The van der Waals surface area contributed by atoms with Crippen molar-refractivity contribution in [3.8, 4) is 5.75 Å². The summed E-state index contributed by atoms with van der Waals surface area (Å²) in [6.45, 7) is 0.444. The molecule has 102 valence electrons. The van der Waals surface area contributed by atoms with Crippen LogP contribution in [0.4, 0.5) is 0 Å². The molecule has 1 aromatic rings. The van der Waals surface area contributed by atoms with E-state index in [4.69, 9.17) is 9.84 Å². The van der Waals surface area contributed by atoms with Crippen LogP contribution in [0, 0.1) is 0 Å². The number of carboxylic acid groups (broad SMARTS) is 1. The van der Waals surface area contributed by atoms with Gasteiger partial charge < -0.3 is 15.2 Å². The molecular formula is C14H17NO4. The Hall–Kier alpha value is -2.30. The van der Waals surface area contributed by atoms with Crippen LogP contribution >= 0.6 is 0 Å². The molecule has 19 heavy (non-hydrogen) atoms. The molecule has 0 radical (unpaired) electrons. The fourth-order valence-corrected chi connectivity index (χ4v) is 1.42. The third kappa shape index (κ3) is 6.26. The first kappa shape index (κ1) is 14.8. The Morgan fingerprint density at radius 2 is 2.21 bits per heavy atom. The molecule has 1 aromatic carbocycles. The number of amides is 1. The maximum absolute atomic E-state index is 11.0. The monoisotopic (exact) mass is 263 g/mol. The van der Waals surface area contributed by atoms with Gasteiger partial charge in [-0.15, -0.1) is 0 Å². The van der Waals surface area contributed by atoms with Crippen molar-refractivity contribution in [2.75, 3.05) is 13.7 Å². The highest BCUT2D eigenvalue weighted by Crippen LogP contribution is 2.14. The number of hydrogen-bond donors (Lipinski definition) is 2. The third-order valence-electron chi connectivity index (χ3n) is 2.37. The molecule has 0 spiro atoms. The standard InChI is InChI=1S/C14H17NO4/c1-15-13(16)6-3-9-19-12-5-2-4-11(10-12)7-8-14(17)18/h2,4-5,7-8,10H,3,6,9H2,1H3,(H,15,16)(H,17,18). The van der Waals surface area contributed by atoms with Crippen LogP contribution in [0.15, 0.2) is 30.3 Å². The summed E-state index contributed by atoms with van der Waals surface area (Å²) in [5.41, 5.74) is 0.756. The van der Waals surface area contributed by atoms with Crippen LogP contribution in [-0.2, 0) is 9.59 Å². The van der Waals surface area contributed by atoms with Gasteiger partial charge in [0.15, 0.2) is 0 Å². The SMILES string of the molecule is CNC(=O)CCCOc1cccc(C=CC(=O)O)c1. The zero-order chi connectivity index (χ0) is 14.1. The van der Waals surface area contributed by atoms with Gasteiger partial charge in [0, 0.05) is 19.5 Å². The van der Waals surface area contributed by atoms with Gasteiger partial charge in [0.05, 0.1) is 6.61 Å². The number of rotatable bonds is 7. The second-order valence-corrected chi connectivity index (χ2v) is 3.87. The molecule has 0 saturated heterocycles. The molecule has 5 heteroatoms. The van der Waals surface area contributed by atoms with Gasteiger partial charge >= 0.3 is 5.97 Å². The van der Waals surface area contributed by atoms with Crippen LogP contribution in [0.2, 0.25) is 0 Å². The lowest BCUT2D eigenvalue weighted by Gasteiger charge is -2.06. The van der Waals surface area contributed by atoms with Crippen molar-refractivity contribution in [3.63, 3.8) is 0 Å². The number of aliphatic carboxylic acids is 1. The Kier molecular flexibility index (Phi) is 6.15. The Labute approximate surface area is 111 Å². The fraction of sp³-hybridized carbons (Fsp3) is 0.286. The highest BCUT2D eigenvalue weighted by atomic mass is 16.5. The zero-order valence-corrected chi connectivity index (χ0v) is 10.8. The van der Waals surface area contributed by atoms with Gasteiger partial charge in [0.25, 0.3) is 0 Å². The van der Waals surface area contributed by atoms with Crippen LogP contribution in [0.25, 0.3) is 6.08 Å². The topological polar surface area (TPSA) is 75.6 Å². The van der Waals surface area contributed by atoms with E-state index in [0.29, 0.717) is 25.2 Å². The highest BCUT2D eigenvalue weighted by molar-refractivity contribution is 5.85. The van der Waals surface area contributed by atoms with E-state index in [0.717, 1.165) is 11.6 Å². The first-order valence-electron chi connectivity index (χ1n) is 5.96. The van der Waals surface area contributed by atoms with Gasteiger partial charge in [-0.2, -0.15) is 0 Å². The van der Waals surface area contributed by atoms with Crippen molar-refractivity contribution in [1.82, 2.24) is 5.32 Å². The minimum Gasteiger partial charge on any atom is -0.494 e. The number of carboxylic acids is 1. The number of carbonyl (C=O) groups is 2. The van der Waals surface area contributed by atoms with Crippen molar-refractivity contribution in [2.24, 2.45) is 0 Å². The Balaban J connectivity index is 2.44. The summed E-state index contributed by atoms with van der Waals surface area (Å²) in [6.07, 6.45) is 3.63. The predicted octanol–water partition coefficient (Wildman–Crippen LogP) is 1.69. The first-order valence-corrected chi connectivity index (χ1v) is 5.96. The van der Waals surface area contributed by atoms with Crippen molar-refractivity contribution in [1.29, 1.82) is 0 Å². The molecule has 1 amide bonds. The lowest BCUT2D eigenvalue weighted by Crippen LogP contribution is -2.18. The number of hydrogen-bond acceptors (Lipinski definition) is 3. The maximum Gasteiger partial charge on any atom is 0.328 e. The molecule has 0 aliphatic heterocycles. The fourth-order valence-electron chi connectivity index (χ4n) is 1.42. The average Bonchev–Trinajstić information content (AvgIpc) is 2.41. The van der Waals surface area contributed by atoms with Crippen molar-refractivity contribution < 1.29 is 19.4 Å². The van der Waals surface area contributed by atoms with Crippen LogP contribution in [0.1, 0.15) is 18.4 Å². The maximum atomic E-state index is 11.0. The number of carbonyl (C=O) groups excluding carboxylic acids is 1. The number of benzene rings is 1. The minimum atomic E-state index is -0.989. The largest absolute Gasteiger partial charge is 0.494 e. The molecule has 2 N–H and O–H groups in total. The van der Waals surface area contributed by atoms with E-state index in [1.807, 2.05) is 0 Å². The van der Waals surface area contributed by atoms with Gasteiger partial charge in [0.1, 0.15) is 5.75 Å². The summed E-state index contributed by atoms with van der Waals surface area (Å²) in [5.74, 6) is -0.344. The Bertz CT molecular complexity index is 468. The molecule has 0 aromatic heterocycles. The number of ether oxygens (including phenoxy) is 1. The van der Waals surface area contributed by atoms with Gasteiger partial charge in [-0.3, -0.25) is 4.79 Å². The van der Waals surface area contributed by atoms with Crippen molar-refractivity contribution in [3.05, 3.63) is 35.9 Å². The summed E-state index contributed by atoms with van der Waals surface area (Å²) >= 11 is 0. The van der Waals surface area contributed by atoms with Gasteiger partial charge in [0.2, 0.25) is 5.91 Å². The van der Waals surface area contributed by atoms with E-state index in [2.05, 4.69) is 5.32 Å². The molecule has 0 aliphatic carbocycles. The van der Waals surface area contributed by atoms with E-state index in [9.17, 15) is 9.59 Å². The number of nitrogens with one attached hydrogen (secondary N) is 1. The van der Waals surface area contributed by atoms with E-state index >= 15 is 0 Å². The van der Waals surface area contributed by atoms with E-state index < -0.39 is 5.97 Å². The molecule has 5 nitrogen and oxygen atoms in total. The van der Waals surface area contributed by atoms with Crippen LogP contribution in [0.5, 0.6) is 5.75 Å². The molecule has 0 atom stereocenters. The van der Waals surface area contributed by atoms with Gasteiger partial charge in [-0.1, -0.05) is 12.1 Å². The van der Waals surface area contributed by atoms with Crippen LogP contribution in [0.3, 0.4) is 0 Å². The summed E-state index contributed by atoms with van der Waals surface area (Å²) in [5, 5.41) is 11.1. The lowest BCUT2D eigenvalue weighted by molar-refractivity contribution is -0.131. The minimum absolute atomic E-state index is 0.0123. The summed E-state index contributed by atoms with van der Waals surface area (Å²) in [4.78, 5) is 21.4. The van der Waals surface area contributed by atoms with E-state index in [-0.39, 0.29) is 5.91 Å². The summed E-state index contributed by atoms with van der Waals surface area (Å²) < 4.78 is 5.49. The molecule has 0 aliphatic rings. The lowest BCUT2D eigenvalue weighted by atomic mass is 10.2. The Morgan fingerprint density at radius 1 is 1.42 bits per heavy atom. The molecule has 0 bridgehead atoms. The molecule has 0 fully saturated rings. The second-order valence-electron chi connectivity index (χ2n) is 3.87. The molecular weight excluding hydrogens is 246 g/mol. The molecule has 0 saturated carbocycles. The summed E-state index contributed by atoms with van der Waals surface area (Å²) in [7, 11) is 1.60. The predicted molar refractivity (Wildman–Crippen MR) is 71.9 cm³/mol. The molecule has 0 heterocycles. The summed E-state index contributed by atoms with van der Waals surface area (Å²) in [6, 6.07) is 7.11. The van der Waals surface area contributed by atoms with Crippen LogP contribution < -0.4 is 10.1 Å². The quantitative estimate of drug-likeness (QED) is 0.580. The normalized spacial score (nSPS) is 10.4. The van der Waals surface area contributed by atoms with E-state index in [1.165, 1.54) is 6.08 Å². The van der Waals surface area contributed by atoms with Gasteiger partial charge in [-0.05, 0) is 30.2 Å². The van der Waals surface area contributed by atoms with Crippen molar-refractivity contribution in [2.45, 2.75) is 12.8 Å². The third-order valence-corrected chi connectivity index (χ3v) is 2.37. The second kappa shape index (κ2) is 7.92. The van der Waals surface area contributed by atoms with E-state index in [1.54, 1.807) is 31.3 Å². The van der Waals surface area contributed by atoms with Crippen LogP contribution in [-0.4, -0.2) is 30.6 Å². The zero-order valence-electron chi connectivity index (χ0n) is 10.8. The highest BCUT2D eigenvalue weighted by Gasteiger charge is 1.99. The van der Waals surface area contributed by atoms with Gasteiger partial charge in [-0.25, -0.2) is 4.79 Å². The molecule has 1 rings (SSSR count). The average molecular weight is 263 g/mol.